The highest BCUT2D eigenvalue weighted by molar-refractivity contribution is 7.18. The van der Waals surface area contributed by atoms with Gasteiger partial charge in [0.05, 0.1) is 15.2 Å². The summed E-state index contributed by atoms with van der Waals surface area (Å²) in [5, 5.41) is 1.20. The molecule has 4 aromatic rings. The first-order valence-corrected chi connectivity index (χ1v) is 13.1. The SMILES string of the molecule is CC(C)(C)c1cc(CC(C)(C)c2ccc3nc(C(C)(C)C)oc3c2)c2nc(C(C)(C)C)sc2c1. The van der Waals surface area contributed by atoms with E-state index in [-0.39, 0.29) is 21.7 Å². The summed E-state index contributed by atoms with van der Waals surface area (Å²) in [6.45, 7) is 24.7. The Balaban J connectivity index is 1.80. The van der Waals surface area contributed by atoms with Gasteiger partial charge in [-0.1, -0.05) is 88.3 Å². The smallest absolute Gasteiger partial charge is 0.200 e. The number of oxazole rings is 1. The largest absolute Gasteiger partial charge is 0.440 e. The van der Waals surface area contributed by atoms with Crippen molar-refractivity contribution in [2.24, 2.45) is 0 Å². The maximum absolute atomic E-state index is 6.17. The average Bonchev–Trinajstić information content (AvgIpc) is 3.30. The summed E-state index contributed by atoms with van der Waals surface area (Å²) >= 11 is 1.84. The normalized spacial score (nSPS) is 13.9. The zero-order valence-corrected chi connectivity index (χ0v) is 23.6. The standard InChI is InChI=1S/C30H40N2OS/c1-27(2,3)20-14-18(24-23(16-20)34-26(32-24)29(7,8)9)17-30(10,11)19-12-13-21-22(15-19)33-25(31-21)28(4,5)6/h12-16H,17H2,1-11H3. The first-order chi connectivity index (χ1) is 15.4. The van der Waals surface area contributed by atoms with Crippen LogP contribution in [0.15, 0.2) is 34.7 Å². The van der Waals surface area contributed by atoms with Crippen molar-refractivity contribution < 1.29 is 4.42 Å². The second kappa shape index (κ2) is 7.91. The molecule has 0 bridgehead atoms. The predicted octanol–water partition coefficient (Wildman–Crippen LogP) is 8.85. The number of benzene rings is 2. The van der Waals surface area contributed by atoms with E-state index in [9.17, 15) is 0 Å². The Morgan fingerprint density at radius 2 is 1.41 bits per heavy atom. The van der Waals surface area contributed by atoms with Gasteiger partial charge in [-0.25, -0.2) is 9.97 Å². The molecule has 0 amide bonds. The summed E-state index contributed by atoms with van der Waals surface area (Å²) in [5.41, 5.74) is 6.85. The summed E-state index contributed by atoms with van der Waals surface area (Å²) in [6, 6.07) is 11.2. The van der Waals surface area contributed by atoms with Crippen molar-refractivity contribution in [3.05, 3.63) is 57.9 Å². The molecule has 3 nitrogen and oxygen atoms in total. The topological polar surface area (TPSA) is 38.9 Å². The van der Waals surface area contributed by atoms with E-state index in [2.05, 4.69) is 106 Å². The van der Waals surface area contributed by atoms with Gasteiger partial charge in [-0.2, -0.15) is 0 Å². The third-order valence-corrected chi connectivity index (χ3v) is 7.95. The van der Waals surface area contributed by atoms with Crippen LogP contribution in [-0.4, -0.2) is 9.97 Å². The van der Waals surface area contributed by atoms with Gasteiger partial charge >= 0.3 is 0 Å². The molecule has 0 saturated heterocycles. The molecule has 0 aliphatic carbocycles. The number of hydrogen-bond donors (Lipinski definition) is 0. The number of hydrogen-bond acceptors (Lipinski definition) is 4. The molecule has 4 heteroatoms. The van der Waals surface area contributed by atoms with Gasteiger partial charge in [0.2, 0.25) is 5.89 Å². The van der Waals surface area contributed by atoms with Crippen molar-refractivity contribution in [1.82, 2.24) is 9.97 Å². The van der Waals surface area contributed by atoms with Crippen molar-refractivity contribution in [2.75, 3.05) is 0 Å². The lowest BCUT2D eigenvalue weighted by Crippen LogP contribution is -2.21. The predicted molar refractivity (Wildman–Crippen MR) is 146 cm³/mol. The minimum atomic E-state index is -0.108. The van der Waals surface area contributed by atoms with Gasteiger partial charge in [-0.15, -0.1) is 11.3 Å². The van der Waals surface area contributed by atoms with Crippen molar-refractivity contribution in [1.29, 1.82) is 0 Å². The van der Waals surface area contributed by atoms with E-state index in [1.807, 2.05) is 11.3 Å². The van der Waals surface area contributed by atoms with Gasteiger partial charge < -0.3 is 4.42 Å². The fourth-order valence-electron chi connectivity index (χ4n) is 4.23. The number of rotatable bonds is 3. The molecule has 0 aliphatic rings. The van der Waals surface area contributed by atoms with Gasteiger partial charge in [-0.05, 0) is 52.1 Å². The molecule has 34 heavy (non-hydrogen) atoms. The van der Waals surface area contributed by atoms with Gasteiger partial charge in [0, 0.05) is 10.8 Å². The van der Waals surface area contributed by atoms with Crippen LogP contribution >= 0.6 is 11.3 Å². The van der Waals surface area contributed by atoms with Gasteiger partial charge in [0.15, 0.2) is 5.58 Å². The van der Waals surface area contributed by atoms with Crippen LogP contribution in [0.5, 0.6) is 0 Å². The minimum absolute atomic E-state index is 0.0421. The van der Waals surface area contributed by atoms with Gasteiger partial charge in [-0.3, -0.25) is 0 Å². The summed E-state index contributed by atoms with van der Waals surface area (Å²) in [4.78, 5) is 9.88. The third-order valence-electron chi connectivity index (χ3n) is 6.53. The third kappa shape index (κ3) is 4.79. The van der Waals surface area contributed by atoms with E-state index in [1.165, 1.54) is 26.4 Å². The number of nitrogens with zero attached hydrogens (tertiary/aromatic N) is 2. The molecule has 2 heterocycles. The summed E-state index contributed by atoms with van der Waals surface area (Å²) in [7, 11) is 0. The van der Waals surface area contributed by atoms with E-state index >= 15 is 0 Å². The molecular weight excluding hydrogens is 436 g/mol. The highest BCUT2D eigenvalue weighted by Gasteiger charge is 2.28. The maximum atomic E-state index is 6.17. The summed E-state index contributed by atoms with van der Waals surface area (Å²) in [6.07, 6.45) is 0.909. The highest BCUT2D eigenvalue weighted by Crippen LogP contribution is 2.39. The molecule has 0 fully saturated rings. The van der Waals surface area contributed by atoms with Crippen LogP contribution in [-0.2, 0) is 28.1 Å². The lowest BCUT2D eigenvalue weighted by atomic mass is 9.77. The number of fused-ring (bicyclic) bond motifs is 2. The van der Waals surface area contributed by atoms with E-state index in [0.29, 0.717) is 0 Å². The molecule has 0 spiro atoms. The van der Waals surface area contributed by atoms with Crippen molar-refractivity contribution >= 4 is 32.7 Å². The fraction of sp³-hybridized carbons (Fsp3) is 0.533. The molecule has 2 aromatic heterocycles. The Morgan fingerprint density at radius 3 is 2.00 bits per heavy atom. The Morgan fingerprint density at radius 1 is 0.735 bits per heavy atom. The lowest BCUT2D eigenvalue weighted by Gasteiger charge is -2.27. The maximum Gasteiger partial charge on any atom is 0.200 e. The zero-order valence-electron chi connectivity index (χ0n) is 22.8. The Hall–Kier alpha value is -2.20. The van der Waals surface area contributed by atoms with Crippen LogP contribution in [0.4, 0.5) is 0 Å². The van der Waals surface area contributed by atoms with E-state index in [4.69, 9.17) is 14.4 Å². The van der Waals surface area contributed by atoms with Gasteiger partial charge in [0.1, 0.15) is 5.52 Å². The first kappa shape index (κ1) is 24.9. The molecule has 182 valence electrons. The number of thiazole rings is 1. The molecule has 0 unspecified atom stereocenters. The molecule has 0 N–H and O–H groups in total. The zero-order chi connectivity index (χ0) is 25.3. The molecule has 4 rings (SSSR count). The van der Waals surface area contributed by atoms with Crippen molar-refractivity contribution in [3.8, 4) is 0 Å². The van der Waals surface area contributed by atoms with E-state index in [0.717, 1.165) is 28.9 Å². The summed E-state index contributed by atoms with van der Waals surface area (Å²) < 4.78 is 7.47. The van der Waals surface area contributed by atoms with Crippen LogP contribution < -0.4 is 0 Å². The van der Waals surface area contributed by atoms with Crippen LogP contribution in [0.1, 0.15) is 104 Å². The lowest BCUT2D eigenvalue weighted by molar-refractivity contribution is 0.410. The van der Waals surface area contributed by atoms with Crippen molar-refractivity contribution in [3.63, 3.8) is 0 Å². The molecule has 0 radical (unpaired) electrons. The Bertz CT molecular complexity index is 1350. The first-order valence-electron chi connectivity index (χ1n) is 12.3. The summed E-state index contributed by atoms with van der Waals surface area (Å²) in [5.74, 6) is 0.786. The van der Waals surface area contributed by atoms with E-state index < -0.39 is 0 Å². The van der Waals surface area contributed by atoms with E-state index in [1.54, 1.807) is 0 Å². The number of aromatic nitrogens is 2. The highest BCUT2D eigenvalue weighted by atomic mass is 32.1. The fourth-order valence-corrected chi connectivity index (χ4v) is 5.34. The quantitative estimate of drug-likeness (QED) is 0.296. The average molecular weight is 477 g/mol. The molecule has 0 aliphatic heterocycles. The van der Waals surface area contributed by atoms with Gasteiger partial charge in [0.25, 0.3) is 0 Å². The van der Waals surface area contributed by atoms with Crippen LogP contribution in [0.25, 0.3) is 21.3 Å². The van der Waals surface area contributed by atoms with Crippen LogP contribution in [0.2, 0.25) is 0 Å². The minimum Gasteiger partial charge on any atom is -0.440 e. The van der Waals surface area contributed by atoms with Crippen LogP contribution in [0, 0.1) is 0 Å². The van der Waals surface area contributed by atoms with Crippen molar-refractivity contribution in [2.45, 2.75) is 104 Å². The molecule has 0 atom stereocenters. The molecule has 2 aromatic carbocycles. The second-order valence-electron chi connectivity index (χ2n) is 13.5. The molecular formula is C30H40N2OS. The Kier molecular flexibility index (Phi) is 5.80. The molecule has 0 saturated carbocycles. The monoisotopic (exact) mass is 476 g/mol. The second-order valence-corrected chi connectivity index (χ2v) is 14.5. The van der Waals surface area contributed by atoms with Crippen LogP contribution in [0.3, 0.4) is 0 Å². The Labute approximate surface area is 209 Å².